The molecule has 0 bridgehead atoms. The summed E-state index contributed by atoms with van der Waals surface area (Å²) < 4.78 is 15.8. The molecule has 1 saturated heterocycles. The van der Waals surface area contributed by atoms with Crippen LogP contribution >= 0.6 is 0 Å². The first-order valence-electron chi connectivity index (χ1n) is 12.4. The van der Waals surface area contributed by atoms with E-state index in [1.807, 2.05) is 48.4 Å². The van der Waals surface area contributed by atoms with Crippen molar-refractivity contribution in [3.8, 4) is 22.4 Å². The van der Waals surface area contributed by atoms with E-state index in [9.17, 15) is 4.79 Å². The minimum atomic E-state index is -0.305. The molecule has 1 atom stereocenters. The summed E-state index contributed by atoms with van der Waals surface area (Å²) in [5, 5.41) is 8.31. The topological polar surface area (TPSA) is 100 Å². The molecule has 1 unspecified atom stereocenters. The van der Waals surface area contributed by atoms with E-state index in [1.165, 1.54) is 0 Å². The number of ether oxygens (including phenoxy) is 1. The fourth-order valence-electron chi connectivity index (χ4n) is 4.91. The quantitative estimate of drug-likeness (QED) is 0.357. The molecule has 0 aliphatic carbocycles. The predicted octanol–water partition coefficient (Wildman–Crippen LogP) is 4.70. The van der Waals surface area contributed by atoms with Gasteiger partial charge in [-0.2, -0.15) is 10.1 Å². The van der Waals surface area contributed by atoms with E-state index in [4.69, 9.17) is 9.15 Å². The number of nitrogens with zero attached hydrogens (tertiary/aromatic N) is 5. The molecule has 1 fully saturated rings. The molecule has 1 aromatic carbocycles. The van der Waals surface area contributed by atoms with Gasteiger partial charge in [-0.15, -0.1) is 0 Å². The lowest BCUT2D eigenvalue weighted by Crippen LogP contribution is -2.25. The van der Waals surface area contributed by atoms with E-state index < -0.39 is 0 Å². The van der Waals surface area contributed by atoms with Crippen LogP contribution in [0.1, 0.15) is 26.2 Å². The second kappa shape index (κ2) is 9.23. The van der Waals surface area contributed by atoms with Gasteiger partial charge in [0.1, 0.15) is 22.6 Å². The molecule has 0 saturated carbocycles. The van der Waals surface area contributed by atoms with Crippen molar-refractivity contribution in [3.63, 3.8) is 0 Å². The maximum absolute atomic E-state index is 13.4. The zero-order valence-corrected chi connectivity index (χ0v) is 20.4. The van der Waals surface area contributed by atoms with Crippen LogP contribution in [-0.2, 0) is 17.8 Å². The van der Waals surface area contributed by atoms with Gasteiger partial charge in [0.2, 0.25) is 0 Å². The molecule has 6 rings (SSSR count). The highest BCUT2D eigenvalue weighted by Crippen LogP contribution is 2.36. The third-order valence-corrected chi connectivity index (χ3v) is 6.87. The van der Waals surface area contributed by atoms with E-state index in [1.54, 1.807) is 10.8 Å². The van der Waals surface area contributed by atoms with E-state index in [2.05, 4.69) is 33.4 Å². The van der Waals surface area contributed by atoms with Crippen molar-refractivity contribution in [2.45, 2.75) is 45.4 Å². The highest BCUT2D eigenvalue weighted by Gasteiger charge is 2.22. The normalized spacial score (nSPS) is 15.8. The fourth-order valence-corrected chi connectivity index (χ4v) is 4.91. The molecule has 1 N–H and O–H groups in total. The monoisotopic (exact) mass is 484 g/mol. The first-order chi connectivity index (χ1) is 17.6. The van der Waals surface area contributed by atoms with Gasteiger partial charge >= 0.3 is 5.69 Å². The van der Waals surface area contributed by atoms with Crippen LogP contribution in [0, 0.1) is 0 Å². The summed E-state index contributed by atoms with van der Waals surface area (Å²) in [5.74, 6) is 0.738. The molecule has 36 heavy (non-hydrogen) atoms. The summed E-state index contributed by atoms with van der Waals surface area (Å²) in [6.07, 6.45) is 8.59. The van der Waals surface area contributed by atoms with E-state index in [0.717, 1.165) is 65.8 Å². The molecule has 9 nitrogen and oxygen atoms in total. The van der Waals surface area contributed by atoms with Gasteiger partial charge in [-0.1, -0.05) is 6.07 Å². The van der Waals surface area contributed by atoms with Crippen LogP contribution in [-0.4, -0.2) is 44.1 Å². The maximum Gasteiger partial charge on any atom is 0.348 e. The Morgan fingerprint density at radius 1 is 1.14 bits per heavy atom. The standard InChI is InChI=1S/C27H28N6O3/c1-3-32-16-19(15-30-32)17-6-8-22-21(13-17)25-26(36-22)24(18-7-9-23(28-2)29-14-18)31-27(34)33(25)11-10-20-5-4-12-35-20/h6-9,13-16,20H,3-5,10-12H2,1-2H3,(H,28,29). The van der Waals surface area contributed by atoms with Crippen molar-refractivity contribution in [1.29, 1.82) is 0 Å². The number of rotatable bonds is 7. The van der Waals surface area contributed by atoms with Gasteiger partial charge in [-0.25, -0.2) is 9.78 Å². The van der Waals surface area contributed by atoms with Crippen LogP contribution in [0.15, 0.2) is 58.1 Å². The van der Waals surface area contributed by atoms with E-state index in [-0.39, 0.29) is 11.8 Å². The number of fused-ring (bicyclic) bond motifs is 3. The lowest BCUT2D eigenvalue weighted by molar-refractivity contribution is 0.100. The Morgan fingerprint density at radius 2 is 2.03 bits per heavy atom. The molecule has 9 heteroatoms. The number of benzene rings is 1. The average molecular weight is 485 g/mol. The number of nitrogens with one attached hydrogen (secondary N) is 1. The van der Waals surface area contributed by atoms with Gasteiger partial charge in [-0.3, -0.25) is 9.25 Å². The van der Waals surface area contributed by atoms with Crippen LogP contribution in [0.4, 0.5) is 5.82 Å². The van der Waals surface area contributed by atoms with Crippen molar-refractivity contribution >= 4 is 27.9 Å². The van der Waals surface area contributed by atoms with Crippen molar-refractivity contribution in [1.82, 2.24) is 24.3 Å². The summed E-state index contributed by atoms with van der Waals surface area (Å²) in [4.78, 5) is 22.3. The third kappa shape index (κ3) is 3.95. The van der Waals surface area contributed by atoms with Gasteiger partial charge in [0, 0.05) is 55.7 Å². The Hall–Kier alpha value is -3.98. The van der Waals surface area contributed by atoms with Gasteiger partial charge < -0.3 is 14.5 Å². The lowest BCUT2D eigenvalue weighted by atomic mass is 10.1. The fraction of sp³-hybridized carbons (Fsp3) is 0.333. The molecule has 1 aliphatic heterocycles. The molecule has 0 radical (unpaired) electrons. The Morgan fingerprint density at radius 3 is 2.75 bits per heavy atom. The summed E-state index contributed by atoms with van der Waals surface area (Å²) in [6, 6.07) is 9.81. The number of pyridine rings is 1. The minimum absolute atomic E-state index is 0.165. The summed E-state index contributed by atoms with van der Waals surface area (Å²) in [7, 11) is 1.81. The average Bonchev–Trinajstić information content (AvgIpc) is 3.67. The van der Waals surface area contributed by atoms with Gasteiger partial charge in [-0.05, 0) is 56.0 Å². The highest BCUT2D eigenvalue weighted by molar-refractivity contribution is 6.07. The number of furan rings is 1. The second-order valence-electron chi connectivity index (χ2n) is 9.08. The van der Waals surface area contributed by atoms with Crippen molar-refractivity contribution in [3.05, 3.63) is 59.4 Å². The first-order valence-corrected chi connectivity index (χ1v) is 12.4. The SMILES string of the molecule is CCn1cc(-c2ccc3oc4c(-c5ccc(NC)nc5)nc(=O)n(CCC5CCCO5)c4c3c2)cn1. The van der Waals surface area contributed by atoms with Crippen molar-refractivity contribution in [2.75, 3.05) is 19.0 Å². The summed E-state index contributed by atoms with van der Waals surface area (Å²) in [5.41, 5.74) is 4.98. The molecule has 0 amide bonds. The van der Waals surface area contributed by atoms with Crippen molar-refractivity contribution in [2.24, 2.45) is 0 Å². The molecular formula is C27H28N6O3. The Bertz CT molecular complexity index is 1590. The predicted molar refractivity (Wildman–Crippen MR) is 139 cm³/mol. The number of hydrogen-bond acceptors (Lipinski definition) is 7. The molecule has 184 valence electrons. The molecule has 5 aromatic rings. The summed E-state index contributed by atoms with van der Waals surface area (Å²) in [6.45, 7) is 4.15. The maximum atomic E-state index is 13.4. The van der Waals surface area contributed by atoms with Crippen LogP contribution in [0.2, 0.25) is 0 Å². The molecule has 5 heterocycles. The largest absolute Gasteiger partial charge is 0.452 e. The van der Waals surface area contributed by atoms with Gasteiger partial charge in [0.25, 0.3) is 0 Å². The zero-order chi connectivity index (χ0) is 24.6. The Labute approximate surface area is 207 Å². The van der Waals surface area contributed by atoms with Crippen molar-refractivity contribution < 1.29 is 9.15 Å². The smallest absolute Gasteiger partial charge is 0.348 e. The summed E-state index contributed by atoms with van der Waals surface area (Å²) >= 11 is 0. The van der Waals surface area contributed by atoms with Gasteiger partial charge in [0.05, 0.1) is 12.3 Å². The molecular weight excluding hydrogens is 456 g/mol. The lowest BCUT2D eigenvalue weighted by Gasteiger charge is -2.13. The third-order valence-electron chi connectivity index (χ3n) is 6.87. The van der Waals surface area contributed by atoms with Crippen LogP contribution in [0.25, 0.3) is 44.5 Å². The number of aryl methyl sites for hydroxylation is 2. The Balaban J connectivity index is 1.55. The van der Waals surface area contributed by atoms with Gasteiger partial charge in [0.15, 0.2) is 5.58 Å². The van der Waals surface area contributed by atoms with E-state index in [0.29, 0.717) is 23.4 Å². The first kappa shape index (κ1) is 22.5. The van der Waals surface area contributed by atoms with Crippen LogP contribution in [0.5, 0.6) is 0 Å². The highest BCUT2D eigenvalue weighted by atomic mass is 16.5. The molecule has 1 aliphatic rings. The number of hydrogen-bond donors (Lipinski definition) is 1. The minimum Gasteiger partial charge on any atom is -0.452 e. The number of anilines is 1. The van der Waals surface area contributed by atoms with Crippen LogP contribution < -0.4 is 11.0 Å². The van der Waals surface area contributed by atoms with E-state index >= 15 is 0 Å². The second-order valence-corrected chi connectivity index (χ2v) is 9.08. The Kier molecular flexibility index (Phi) is 5.77. The molecule has 4 aromatic heterocycles. The van der Waals surface area contributed by atoms with Crippen LogP contribution in [0.3, 0.4) is 0 Å². The zero-order valence-electron chi connectivity index (χ0n) is 20.4. The number of aromatic nitrogens is 5. The molecule has 0 spiro atoms.